The van der Waals surface area contributed by atoms with Gasteiger partial charge in [0.2, 0.25) is 6.79 Å². The highest BCUT2D eigenvalue weighted by molar-refractivity contribution is 8.18. The van der Waals surface area contributed by atoms with Crippen molar-refractivity contribution in [3.05, 3.63) is 93.1 Å². The van der Waals surface area contributed by atoms with Gasteiger partial charge in [-0.05, 0) is 64.9 Å². The van der Waals surface area contributed by atoms with Gasteiger partial charge in [-0.2, -0.15) is 0 Å². The molecule has 34 heavy (non-hydrogen) atoms. The van der Waals surface area contributed by atoms with Gasteiger partial charge < -0.3 is 14.2 Å². The van der Waals surface area contributed by atoms with Gasteiger partial charge in [0.25, 0.3) is 11.1 Å². The largest absolute Gasteiger partial charge is 0.489 e. The molecule has 2 heterocycles. The summed E-state index contributed by atoms with van der Waals surface area (Å²) >= 11 is 7.18. The van der Waals surface area contributed by atoms with E-state index in [1.165, 1.54) is 12.1 Å². The lowest BCUT2D eigenvalue weighted by molar-refractivity contribution is -0.123. The van der Waals surface area contributed by atoms with Crippen LogP contribution in [0, 0.1) is 5.82 Å². The number of rotatable bonds is 6. The highest BCUT2D eigenvalue weighted by atomic mass is 35.5. The molecule has 5 rings (SSSR count). The topological polar surface area (TPSA) is 65.1 Å². The van der Waals surface area contributed by atoms with Crippen LogP contribution in [0.3, 0.4) is 0 Å². The van der Waals surface area contributed by atoms with Crippen LogP contribution in [0.1, 0.15) is 16.7 Å². The Morgan fingerprint density at radius 1 is 1.03 bits per heavy atom. The van der Waals surface area contributed by atoms with E-state index in [4.69, 9.17) is 25.8 Å². The number of thioether (sulfide) groups is 1. The molecule has 0 aliphatic carbocycles. The maximum atomic E-state index is 13.0. The van der Waals surface area contributed by atoms with Crippen molar-refractivity contribution in [3.63, 3.8) is 0 Å². The maximum absolute atomic E-state index is 13.0. The van der Waals surface area contributed by atoms with Crippen LogP contribution < -0.4 is 14.2 Å². The van der Waals surface area contributed by atoms with Gasteiger partial charge >= 0.3 is 0 Å². The smallest absolute Gasteiger partial charge is 0.293 e. The molecule has 0 bridgehead atoms. The van der Waals surface area contributed by atoms with Crippen LogP contribution in [-0.2, 0) is 17.9 Å². The van der Waals surface area contributed by atoms with Crippen LogP contribution in [0.2, 0.25) is 5.02 Å². The summed E-state index contributed by atoms with van der Waals surface area (Å²) in [6, 6.07) is 16.5. The summed E-state index contributed by atoms with van der Waals surface area (Å²) < 4.78 is 29.4. The monoisotopic (exact) mass is 497 g/mol. The molecular formula is C25H17ClFNO5S. The van der Waals surface area contributed by atoms with E-state index in [1.807, 2.05) is 0 Å². The summed E-state index contributed by atoms with van der Waals surface area (Å²) in [6.07, 6.45) is 1.66. The first-order valence-electron chi connectivity index (χ1n) is 10.3. The molecule has 9 heteroatoms. The lowest BCUT2D eigenvalue weighted by atomic mass is 10.1. The second-order valence-electron chi connectivity index (χ2n) is 7.55. The minimum Gasteiger partial charge on any atom is -0.489 e. The van der Waals surface area contributed by atoms with Gasteiger partial charge in [0.15, 0.2) is 11.5 Å². The van der Waals surface area contributed by atoms with Gasteiger partial charge in [-0.25, -0.2) is 4.39 Å². The number of carbonyl (C=O) groups is 2. The Balaban J connectivity index is 1.25. The molecule has 0 radical (unpaired) electrons. The molecule has 1 saturated heterocycles. The molecule has 0 aromatic heterocycles. The first kappa shape index (κ1) is 22.3. The third kappa shape index (κ3) is 4.73. The van der Waals surface area contributed by atoms with E-state index in [1.54, 1.807) is 54.6 Å². The average molecular weight is 498 g/mol. The van der Waals surface area contributed by atoms with E-state index >= 15 is 0 Å². The first-order valence-corrected chi connectivity index (χ1v) is 11.5. The standard InChI is InChI=1S/C25H17ClFNO5S/c26-20-11-22-21(32-14-33-22)10-17(20)12-28-24(29)23(34-25(28)30)9-15-3-7-19(8-4-15)31-13-16-1-5-18(27)6-2-16/h1-11H,12-14H2/b23-9-. The van der Waals surface area contributed by atoms with E-state index in [0.717, 1.165) is 27.8 Å². The van der Waals surface area contributed by atoms with Crippen LogP contribution >= 0.6 is 23.4 Å². The number of halogens is 2. The minimum atomic E-state index is -0.389. The van der Waals surface area contributed by atoms with Crippen molar-refractivity contribution in [3.8, 4) is 17.2 Å². The molecule has 172 valence electrons. The lowest BCUT2D eigenvalue weighted by Crippen LogP contribution is -2.27. The first-order chi connectivity index (χ1) is 16.5. The number of carbonyl (C=O) groups excluding carboxylic acids is 2. The second kappa shape index (κ2) is 9.40. The Labute approximate surface area is 203 Å². The molecule has 3 aromatic rings. The number of hydrogen-bond donors (Lipinski definition) is 0. The van der Waals surface area contributed by atoms with Crippen LogP contribution in [0.5, 0.6) is 17.2 Å². The molecule has 0 saturated carbocycles. The van der Waals surface area contributed by atoms with Crippen molar-refractivity contribution in [1.29, 1.82) is 0 Å². The summed E-state index contributed by atoms with van der Waals surface area (Å²) in [7, 11) is 0. The van der Waals surface area contributed by atoms with Gasteiger partial charge in [0.1, 0.15) is 18.2 Å². The number of ether oxygens (including phenoxy) is 3. The highest BCUT2D eigenvalue weighted by Gasteiger charge is 2.35. The molecule has 0 atom stereocenters. The maximum Gasteiger partial charge on any atom is 0.293 e. The molecule has 2 aliphatic rings. The minimum absolute atomic E-state index is 0.0354. The van der Waals surface area contributed by atoms with Crippen molar-refractivity contribution in [1.82, 2.24) is 4.90 Å². The SMILES string of the molecule is O=C1S/C(=C\c2ccc(OCc3ccc(F)cc3)cc2)C(=O)N1Cc1cc2c(cc1Cl)OCO2. The number of nitrogens with zero attached hydrogens (tertiary/aromatic N) is 1. The second-order valence-corrected chi connectivity index (χ2v) is 8.95. The quantitative estimate of drug-likeness (QED) is 0.388. The molecule has 0 unspecified atom stereocenters. The average Bonchev–Trinajstić information content (AvgIpc) is 3.39. The van der Waals surface area contributed by atoms with Crippen LogP contribution in [0.25, 0.3) is 6.08 Å². The molecule has 1 fully saturated rings. The summed E-state index contributed by atoms with van der Waals surface area (Å²) in [6.45, 7) is 0.448. The van der Waals surface area contributed by atoms with Crippen LogP contribution in [0.4, 0.5) is 9.18 Å². The number of benzene rings is 3. The zero-order chi connectivity index (χ0) is 23.7. The molecule has 0 spiro atoms. The van der Waals surface area contributed by atoms with Crippen molar-refractivity contribution in [2.45, 2.75) is 13.2 Å². The van der Waals surface area contributed by atoms with Crippen molar-refractivity contribution >= 4 is 40.6 Å². The molecule has 2 amide bonds. The van der Waals surface area contributed by atoms with E-state index in [2.05, 4.69) is 0 Å². The Bertz CT molecular complexity index is 1290. The summed E-state index contributed by atoms with van der Waals surface area (Å²) in [4.78, 5) is 26.9. The zero-order valence-corrected chi connectivity index (χ0v) is 19.2. The van der Waals surface area contributed by atoms with Crippen molar-refractivity contribution in [2.24, 2.45) is 0 Å². The van der Waals surface area contributed by atoms with E-state index < -0.39 is 0 Å². The fraction of sp³-hybridized carbons (Fsp3) is 0.120. The molecule has 0 N–H and O–H groups in total. The predicted molar refractivity (Wildman–Crippen MR) is 126 cm³/mol. The normalized spacial score (nSPS) is 15.9. The van der Waals surface area contributed by atoms with Gasteiger partial charge in [-0.1, -0.05) is 35.9 Å². The highest BCUT2D eigenvalue weighted by Crippen LogP contribution is 2.39. The van der Waals surface area contributed by atoms with Crippen molar-refractivity contribution < 1.29 is 28.2 Å². The van der Waals surface area contributed by atoms with E-state index in [0.29, 0.717) is 39.3 Å². The Hall–Kier alpha value is -3.49. The van der Waals surface area contributed by atoms with Crippen molar-refractivity contribution in [2.75, 3.05) is 6.79 Å². The molecule has 6 nitrogen and oxygen atoms in total. The third-order valence-corrected chi connectivity index (χ3v) is 6.50. The Morgan fingerprint density at radius 3 is 2.47 bits per heavy atom. The Kier molecular flexibility index (Phi) is 6.17. The number of hydrogen-bond acceptors (Lipinski definition) is 6. The van der Waals surface area contributed by atoms with E-state index in [9.17, 15) is 14.0 Å². The molecule has 2 aliphatic heterocycles. The number of imide groups is 1. The van der Waals surface area contributed by atoms with Gasteiger partial charge in [-0.15, -0.1) is 0 Å². The van der Waals surface area contributed by atoms with E-state index in [-0.39, 0.29) is 30.3 Å². The molecule has 3 aromatic carbocycles. The third-order valence-electron chi connectivity index (χ3n) is 5.24. The number of fused-ring (bicyclic) bond motifs is 1. The fourth-order valence-corrected chi connectivity index (χ4v) is 4.50. The number of amides is 2. The Morgan fingerprint density at radius 2 is 1.74 bits per heavy atom. The summed E-state index contributed by atoms with van der Waals surface area (Å²) in [5, 5.41) is 0.0211. The molecular weight excluding hydrogens is 481 g/mol. The van der Waals surface area contributed by atoms with Crippen LogP contribution in [-0.4, -0.2) is 22.8 Å². The summed E-state index contributed by atoms with van der Waals surface area (Å²) in [5.41, 5.74) is 2.19. The van der Waals surface area contributed by atoms with Crippen LogP contribution in [0.15, 0.2) is 65.6 Å². The zero-order valence-electron chi connectivity index (χ0n) is 17.6. The summed E-state index contributed by atoms with van der Waals surface area (Å²) in [5.74, 6) is 1.01. The van der Waals surface area contributed by atoms with Gasteiger partial charge in [0, 0.05) is 11.1 Å². The lowest BCUT2D eigenvalue weighted by Gasteiger charge is -2.14. The fourth-order valence-electron chi connectivity index (χ4n) is 3.45. The van der Waals surface area contributed by atoms with Gasteiger partial charge in [-0.3, -0.25) is 14.5 Å². The van der Waals surface area contributed by atoms with Gasteiger partial charge in [0.05, 0.1) is 11.4 Å². The predicted octanol–water partition coefficient (Wildman–Crippen LogP) is 6.02.